The van der Waals surface area contributed by atoms with E-state index in [-0.39, 0.29) is 0 Å². The number of nitrogens with zero attached hydrogens (tertiary/aromatic N) is 1. The molecule has 1 N–H and O–H groups in total. The summed E-state index contributed by atoms with van der Waals surface area (Å²) in [6.07, 6.45) is 1.86. The van der Waals surface area contributed by atoms with E-state index in [0.29, 0.717) is 12.1 Å². The lowest BCUT2D eigenvalue weighted by Crippen LogP contribution is -2.23. The number of benzene rings is 1. The van der Waals surface area contributed by atoms with E-state index in [1.54, 1.807) is 11.3 Å². The highest BCUT2D eigenvalue weighted by molar-refractivity contribution is 7.09. The molecular weight excluding hydrogens is 240 g/mol. The molecule has 0 aliphatic carbocycles. The molecule has 1 aromatic heterocycles. The summed E-state index contributed by atoms with van der Waals surface area (Å²) in [7, 11) is 0. The Bertz CT molecular complexity index is 505. The van der Waals surface area contributed by atoms with Gasteiger partial charge in [0.15, 0.2) is 0 Å². The summed E-state index contributed by atoms with van der Waals surface area (Å²) in [6, 6.07) is 7.26. The summed E-state index contributed by atoms with van der Waals surface area (Å²) >= 11 is 1.70. The number of aryl methyl sites for hydroxylation is 2. The normalized spacial score (nSPS) is 14.4. The highest BCUT2D eigenvalue weighted by atomic mass is 32.1. The van der Waals surface area contributed by atoms with Crippen LogP contribution in [-0.2, 0) is 0 Å². The first kappa shape index (κ1) is 13.2. The molecule has 0 radical (unpaired) electrons. The van der Waals surface area contributed by atoms with Gasteiger partial charge in [-0.25, -0.2) is 4.98 Å². The standard InChI is InChI=1S/C15H20N2S/c1-10-5-6-14(11(2)9-10)12(3)17-13(4)15-16-7-8-18-15/h5-9,12-13,17H,1-4H3. The highest BCUT2D eigenvalue weighted by Gasteiger charge is 2.14. The van der Waals surface area contributed by atoms with Crippen LogP contribution in [0.3, 0.4) is 0 Å². The fourth-order valence-corrected chi connectivity index (χ4v) is 2.95. The average Bonchev–Trinajstić information content (AvgIpc) is 2.81. The number of hydrogen-bond acceptors (Lipinski definition) is 3. The van der Waals surface area contributed by atoms with Crippen LogP contribution < -0.4 is 5.32 Å². The summed E-state index contributed by atoms with van der Waals surface area (Å²) in [5, 5.41) is 6.77. The van der Waals surface area contributed by atoms with Gasteiger partial charge in [-0.2, -0.15) is 0 Å². The zero-order chi connectivity index (χ0) is 13.1. The summed E-state index contributed by atoms with van der Waals surface area (Å²) in [4.78, 5) is 4.36. The molecular formula is C15H20N2S. The van der Waals surface area contributed by atoms with Crippen molar-refractivity contribution < 1.29 is 0 Å². The minimum Gasteiger partial charge on any atom is -0.302 e. The second-order valence-corrected chi connectivity index (χ2v) is 5.77. The lowest BCUT2D eigenvalue weighted by atomic mass is 10.00. The second kappa shape index (κ2) is 5.63. The fourth-order valence-electron chi connectivity index (χ4n) is 2.30. The maximum absolute atomic E-state index is 4.36. The van der Waals surface area contributed by atoms with Crippen molar-refractivity contribution in [2.45, 2.75) is 39.8 Å². The maximum Gasteiger partial charge on any atom is 0.109 e. The summed E-state index contributed by atoms with van der Waals surface area (Å²) in [6.45, 7) is 8.68. The van der Waals surface area contributed by atoms with Crippen LogP contribution in [0.2, 0.25) is 0 Å². The predicted octanol–water partition coefficient (Wildman–Crippen LogP) is 4.17. The molecule has 0 aliphatic heterocycles. The van der Waals surface area contributed by atoms with Gasteiger partial charge in [-0.05, 0) is 38.8 Å². The third-order valence-corrected chi connectivity index (χ3v) is 4.17. The van der Waals surface area contributed by atoms with Crippen LogP contribution in [0.1, 0.15) is 47.6 Å². The third kappa shape index (κ3) is 2.98. The molecule has 0 aliphatic rings. The van der Waals surface area contributed by atoms with E-state index in [4.69, 9.17) is 0 Å². The number of nitrogens with one attached hydrogen (secondary N) is 1. The number of aromatic nitrogens is 1. The van der Waals surface area contributed by atoms with Crippen molar-refractivity contribution in [3.05, 3.63) is 51.5 Å². The molecule has 2 aromatic rings. The lowest BCUT2D eigenvalue weighted by Gasteiger charge is -2.20. The Labute approximate surface area is 113 Å². The Morgan fingerprint density at radius 1 is 1.17 bits per heavy atom. The molecule has 2 atom stereocenters. The number of rotatable bonds is 4. The van der Waals surface area contributed by atoms with Gasteiger partial charge >= 0.3 is 0 Å². The first-order valence-corrected chi connectivity index (χ1v) is 7.18. The molecule has 0 bridgehead atoms. The predicted molar refractivity (Wildman–Crippen MR) is 78.0 cm³/mol. The fraction of sp³-hybridized carbons (Fsp3) is 0.400. The Morgan fingerprint density at radius 2 is 1.94 bits per heavy atom. The smallest absolute Gasteiger partial charge is 0.109 e. The van der Waals surface area contributed by atoms with Crippen molar-refractivity contribution in [3.63, 3.8) is 0 Å². The Balaban J connectivity index is 2.10. The largest absolute Gasteiger partial charge is 0.302 e. The first-order chi connectivity index (χ1) is 8.58. The van der Waals surface area contributed by atoms with Crippen LogP contribution in [0.15, 0.2) is 29.8 Å². The first-order valence-electron chi connectivity index (χ1n) is 6.30. The second-order valence-electron chi connectivity index (χ2n) is 4.84. The van der Waals surface area contributed by atoms with E-state index >= 15 is 0 Å². The highest BCUT2D eigenvalue weighted by Crippen LogP contribution is 2.23. The lowest BCUT2D eigenvalue weighted by molar-refractivity contribution is 0.491. The molecule has 2 rings (SSSR count). The maximum atomic E-state index is 4.36. The minimum absolute atomic E-state index is 0.292. The van der Waals surface area contributed by atoms with Gasteiger partial charge in [0, 0.05) is 17.6 Å². The topological polar surface area (TPSA) is 24.9 Å². The SMILES string of the molecule is Cc1ccc(C(C)NC(C)c2nccs2)c(C)c1. The molecule has 2 unspecified atom stereocenters. The Hall–Kier alpha value is -1.19. The van der Waals surface area contributed by atoms with Crippen molar-refractivity contribution >= 4 is 11.3 Å². The van der Waals surface area contributed by atoms with Crippen LogP contribution >= 0.6 is 11.3 Å². The molecule has 18 heavy (non-hydrogen) atoms. The number of thiazole rings is 1. The van der Waals surface area contributed by atoms with E-state index in [1.807, 2.05) is 11.6 Å². The van der Waals surface area contributed by atoms with Crippen molar-refractivity contribution in [1.82, 2.24) is 10.3 Å². The van der Waals surface area contributed by atoms with Gasteiger partial charge in [-0.3, -0.25) is 0 Å². The average molecular weight is 260 g/mol. The van der Waals surface area contributed by atoms with E-state index in [1.165, 1.54) is 16.7 Å². The van der Waals surface area contributed by atoms with Gasteiger partial charge in [-0.15, -0.1) is 11.3 Å². The van der Waals surface area contributed by atoms with Crippen molar-refractivity contribution in [1.29, 1.82) is 0 Å². The number of hydrogen-bond donors (Lipinski definition) is 1. The van der Waals surface area contributed by atoms with E-state index < -0.39 is 0 Å². The third-order valence-electron chi connectivity index (χ3n) is 3.21. The van der Waals surface area contributed by atoms with Crippen LogP contribution in [0.4, 0.5) is 0 Å². The minimum atomic E-state index is 0.292. The molecule has 0 saturated carbocycles. The van der Waals surface area contributed by atoms with Gasteiger partial charge in [0.1, 0.15) is 5.01 Å². The monoisotopic (exact) mass is 260 g/mol. The zero-order valence-corrected chi connectivity index (χ0v) is 12.2. The van der Waals surface area contributed by atoms with Gasteiger partial charge in [0.05, 0.1) is 6.04 Å². The molecule has 0 saturated heterocycles. The summed E-state index contributed by atoms with van der Waals surface area (Å²) < 4.78 is 0. The van der Waals surface area contributed by atoms with E-state index in [2.05, 4.69) is 56.2 Å². The van der Waals surface area contributed by atoms with Crippen LogP contribution in [-0.4, -0.2) is 4.98 Å². The summed E-state index contributed by atoms with van der Waals surface area (Å²) in [5.41, 5.74) is 4.03. The van der Waals surface area contributed by atoms with Crippen LogP contribution in [0.5, 0.6) is 0 Å². The summed E-state index contributed by atoms with van der Waals surface area (Å²) in [5.74, 6) is 0. The van der Waals surface area contributed by atoms with Crippen molar-refractivity contribution in [2.24, 2.45) is 0 Å². The molecule has 1 aromatic carbocycles. The van der Waals surface area contributed by atoms with Gasteiger partial charge in [-0.1, -0.05) is 23.8 Å². The molecule has 0 spiro atoms. The molecule has 96 valence electrons. The van der Waals surface area contributed by atoms with Gasteiger partial charge in [0.2, 0.25) is 0 Å². The molecule has 1 heterocycles. The van der Waals surface area contributed by atoms with Crippen molar-refractivity contribution in [2.75, 3.05) is 0 Å². The van der Waals surface area contributed by atoms with Gasteiger partial charge < -0.3 is 5.32 Å². The van der Waals surface area contributed by atoms with E-state index in [0.717, 1.165) is 5.01 Å². The zero-order valence-electron chi connectivity index (χ0n) is 11.4. The van der Waals surface area contributed by atoms with Crippen molar-refractivity contribution in [3.8, 4) is 0 Å². The Kier molecular flexibility index (Phi) is 4.15. The van der Waals surface area contributed by atoms with Crippen LogP contribution in [0.25, 0.3) is 0 Å². The molecule has 0 amide bonds. The van der Waals surface area contributed by atoms with Crippen LogP contribution in [0, 0.1) is 13.8 Å². The van der Waals surface area contributed by atoms with E-state index in [9.17, 15) is 0 Å². The molecule has 0 fully saturated rings. The Morgan fingerprint density at radius 3 is 2.56 bits per heavy atom. The molecule has 3 heteroatoms. The quantitative estimate of drug-likeness (QED) is 0.892. The van der Waals surface area contributed by atoms with Gasteiger partial charge in [0.25, 0.3) is 0 Å². The molecule has 2 nitrogen and oxygen atoms in total.